The van der Waals surface area contributed by atoms with Crippen LogP contribution in [0.5, 0.6) is 11.5 Å². The fourth-order valence-corrected chi connectivity index (χ4v) is 4.35. The van der Waals surface area contributed by atoms with Gasteiger partial charge in [-0.25, -0.2) is 5.43 Å². The first kappa shape index (κ1) is 24.1. The summed E-state index contributed by atoms with van der Waals surface area (Å²) in [5.74, 6) is 0.441. The Labute approximate surface area is 214 Å². The fraction of sp³-hybridized carbons (Fsp3) is 0.0769. The SMILES string of the molecule is COc1cc(/C=N\NC(=O)c2ccccc2[N+](=O)[O-])cc(I)c1OCc1cccc2ccccc12. The highest BCUT2D eigenvalue weighted by Gasteiger charge is 2.18. The van der Waals surface area contributed by atoms with E-state index in [-0.39, 0.29) is 11.3 Å². The molecule has 0 bridgehead atoms. The number of carbonyl (C=O) groups is 1. The van der Waals surface area contributed by atoms with Gasteiger partial charge in [0.15, 0.2) is 11.5 Å². The Morgan fingerprint density at radius 3 is 2.63 bits per heavy atom. The molecule has 0 saturated carbocycles. The number of benzene rings is 4. The Hall–Kier alpha value is -3.99. The molecule has 0 aromatic heterocycles. The molecule has 0 aliphatic heterocycles. The van der Waals surface area contributed by atoms with E-state index in [0.29, 0.717) is 23.7 Å². The van der Waals surface area contributed by atoms with E-state index in [1.807, 2.05) is 30.3 Å². The molecule has 0 fully saturated rings. The van der Waals surface area contributed by atoms with Crippen molar-refractivity contribution in [1.29, 1.82) is 0 Å². The van der Waals surface area contributed by atoms with Crippen molar-refractivity contribution in [3.63, 3.8) is 0 Å². The van der Waals surface area contributed by atoms with Gasteiger partial charge in [0.1, 0.15) is 12.2 Å². The molecule has 4 aromatic carbocycles. The van der Waals surface area contributed by atoms with E-state index < -0.39 is 10.8 Å². The number of carbonyl (C=O) groups excluding carboxylic acids is 1. The number of hydrazone groups is 1. The third-order valence-corrected chi connectivity index (χ3v) is 6.03. The van der Waals surface area contributed by atoms with Crippen molar-refractivity contribution in [2.45, 2.75) is 6.61 Å². The van der Waals surface area contributed by atoms with E-state index in [4.69, 9.17) is 9.47 Å². The van der Waals surface area contributed by atoms with Gasteiger partial charge in [-0.2, -0.15) is 5.10 Å². The van der Waals surface area contributed by atoms with Gasteiger partial charge in [0, 0.05) is 6.07 Å². The van der Waals surface area contributed by atoms with Crippen molar-refractivity contribution in [3.05, 3.63) is 109 Å². The zero-order valence-corrected chi connectivity index (χ0v) is 20.8. The second kappa shape index (κ2) is 11.0. The van der Waals surface area contributed by atoms with Crippen LogP contribution in [-0.4, -0.2) is 24.2 Å². The second-order valence-corrected chi connectivity index (χ2v) is 8.60. The summed E-state index contributed by atoms with van der Waals surface area (Å²) in [6, 6.07) is 23.5. The van der Waals surface area contributed by atoms with Gasteiger partial charge >= 0.3 is 0 Å². The molecule has 0 spiro atoms. The van der Waals surface area contributed by atoms with E-state index in [2.05, 4.69) is 51.3 Å². The Balaban J connectivity index is 1.49. The molecule has 1 amide bonds. The number of para-hydroxylation sites is 1. The van der Waals surface area contributed by atoms with Gasteiger partial charge in [0.05, 0.1) is 21.8 Å². The van der Waals surface area contributed by atoms with Crippen molar-refractivity contribution in [2.75, 3.05) is 7.11 Å². The van der Waals surface area contributed by atoms with Crippen LogP contribution in [-0.2, 0) is 6.61 Å². The summed E-state index contributed by atoms with van der Waals surface area (Å²) in [7, 11) is 1.55. The van der Waals surface area contributed by atoms with Crippen LogP contribution in [0, 0.1) is 13.7 Å². The Morgan fingerprint density at radius 2 is 1.83 bits per heavy atom. The summed E-state index contributed by atoms with van der Waals surface area (Å²) < 4.78 is 12.5. The Morgan fingerprint density at radius 1 is 1.09 bits per heavy atom. The zero-order valence-electron chi connectivity index (χ0n) is 18.6. The van der Waals surface area contributed by atoms with Gasteiger partial charge in [0.2, 0.25) is 0 Å². The smallest absolute Gasteiger partial charge is 0.282 e. The lowest BCUT2D eigenvalue weighted by atomic mass is 10.1. The second-order valence-electron chi connectivity index (χ2n) is 7.43. The van der Waals surface area contributed by atoms with E-state index in [1.54, 1.807) is 19.2 Å². The first-order valence-electron chi connectivity index (χ1n) is 10.5. The van der Waals surface area contributed by atoms with Gasteiger partial charge in [-0.3, -0.25) is 14.9 Å². The average Bonchev–Trinajstić information content (AvgIpc) is 2.87. The van der Waals surface area contributed by atoms with Crippen LogP contribution in [0.1, 0.15) is 21.5 Å². The van der Waals surface area contributed by atoms with E-state index >= 15 is 0 Å². The van der Waals surface area contributed by atoms with E-state index in [9.17, 15) is 14.9 Å². The van der Waals surface area contributed by atoms with Gasteiger partial charge < -0.3 is 9.47 Å². The molecule has 0 radical (unpaired) electrons. The van der Waals surface area contributed by atoms with Crippen molar-refractivity contribution < 1.29 is 19.2 Å². The zero-order chi connectivity index (χ0) is 24.8. The number of ether oxygens (including phenoxy) is 2. The number of rotatable bonds is 8. The summed E-state index contributed by atoms with van der Waals surface area (Å²) in [4.78, 5) is 22.9. The molecular weight excluding hydrogens is 561 g/mol. The van der Waals surface area contributed by atoms with Crippen LogP contribution in [0.2, 0.25) is 0 Å². The van der Waals surface area contributed by atoms with Crippen LogP contribution in [0.4, 0.5) is 5.69 Å². The van der Waals surface area contributed by atoms with Gasteiger partial charge in [-0.15, -0.1) is 0 Å². The minimum Gasteiger partial charge on any atom is -0.493 e. The highest BCUT2D eigenvalue weighted by atomic mass is 127. The van der Waals surface area contributed by atoms with Gasteiger partial charge in [-0.05, 0) is 62.7 Å². The van der Waals surface area contributed by atoms with Gasteiger partial charge in [-0.1, -0.05) is 54.6 Å². The summed E-state index contributed by atoms with van der Waals surface area (Å²) in [6.07, 6.45) is 1.44. The monoisotopic (exact) mass is 581 g/mol. The molecule has 0 saturated heterocycles. The minimum absolute atomic E-state index is 0.0704. The highest BCUT2D eigenvalue weighted by Crippen LogP contribution is 2.34. The predicted molar refractivity (Wildman–Crippen MR) is 142 cm³/mol. The fourth-order valence-electron chi connectivity index (χ4n) is 3.57. The molecule has 0 aliphatic carbocycles. The molecule has 0 aliphatic rings. The maximum atomic E-state index is 12.3. The number of hydrogen-bond donors (Lipinski definition) is 1. The molecule has 0 heterocycles. The normalized spacial score (nSPS) is 10.9. The first-order chi connectivity index (χ1) is 17.0. The molecule has 4 aromatic rings. The lowest BCUT2D eigenvalue weighted by Gasteiger charge is -2.14. The van der Waals surface area contributed by atoms with Crippen molar-refractivity contribution >= 4 is 51.2 Å². The topological polar surface area (TPSA) is 103 Å². The van der Waals surface area contributed by atoms with Crippen LogP contribution in [0.25, 0.3) is 10.8 Å². The van der Waals surface area contributed by atoms with Crippen molar-refractivity contribution in [3.8, 4) is 11.5 Å². The maximum absolute atomic E-state index is 12.3. The number of halogens is 1. The Kier molecular flexibility index (Phi) is 7.56. The minimum atomic E-state index is -0.676. The molecule has 35 heavy (non-hydrogen) atoms. The maximum Gasteiger partial charge on any atom is 0.282 e. The molecule has 0 unspecified atom stereocenters. The molecular formula is C26H20IN3O5. The standard InChI is InChI=1S/C26H20IN3O5/c1-34-24-14-17(15-28-29-26(31)21-11-4-5-12-23(21)30(32)33)13-22(27)25(24)35-16-19-9-6-8-18-7-2-3-10-20(18)19/h2-15H,16H2,1H3,(H,29,31)/b28-15-. The summed E-state index contributed by atoms with van der Waals surface area (Å²) in [5.41, 5.74) is 3.69. The van der Waals surface area contributed by atoms with Gasteiger partial charge in [0.25, 0.3) is 11.6 Å². The van der Waals surface area contributed by atoms with Crippen LogP contribution in [0.3, 0.4) is 0 Å². The summed E-state index contributed by atoms with van der Waals surface area (Å²) in [6.45, 7) is 0.368. The number of fused-ring (bicyclic) bond motifs is 1. The number of hydrogen-bond acceptors (Lipinski definition) is 6. The van der Waals surface area contributed by atoms with E-state index in [0.717, 1.165) is 19.9 Å². The van der Waals surface area contributed by atoms with E-state index in [1.165, 1.54) is 24.4 Å². The molecule has 8 nitrogen and oxygen atoms in total. The number of amides is 1. The third kappa shape index (κ3) is 5.57. The van der Waals surface area contributed by atoms with Crippen molar-refractivity contribution in [1.82, 2.24) is 5.43 Å². The predicted octanol–water partition coefficient (Wildman–Crippen LogP) is 5.70. The van der Waals surface area contributed by atoms with Crippen LogP contribution in [0.15, 0.2) is 84.0 Å². The van der Waals surface area contributed by atoms with Crippen molar-refractivity contribution in [2.24, 2.45) is 5.10 Å². The summed E-state index contributed by atoms with van der Waals surface area (Å²) >= 11 is 2.15. The molecule has 0 atom stereocenters. The lowest BCUT2D eigenvalue weighted by molar-refractivity contribution is -0.385. The number of nitrogens with one attached hydrogen (secondary N) is 1. The Bertz CT molecular complexity index is 1430. The number of nitro benzene ring substituents is 1. The number of methoxy groups -OCH3 is 1. The highest BCUT2D eigenvalue weighted by molar-refractivity contribution is 14.1. The number of nitrogens with zero attached hydrogens (tertiary/aromatic N) is 2. The van der Waals surface area contributed by atoms with Crippen LogP contribution < -0.4 is 14.9 Å². The lowest BCUT2D eigenvalue weighted by Crippen LogP contribution is -2.19. The molecule has 4 rings (SSSR count). The molecule has 176 valence electrons. The third-order valence-electron chi connectivity index (χ3n) is 5.23. The largest absolute Gasteiger partial charge is 0.493 e. The quantitative estimate of drug-likeness (QED) is 0.124. The molecule has 9 heteroatoms. The average molecular weight is 581 g/mol. The molecule has 1 N–H and O–H groups in total. The van der Waals surface area contributed by atoms with Crippen LogP contribution >= 0.6 is 22.6 Å². The number of nitro groups is 1. The first-order valence-corrected chi connectivity index (χ1v) is 11.6. The summed E-state index contributed by atoms with van der Waals surface area (Å²) in [5, 5.41) is 17.3.